The van der Waals surface area contributed by atoms with E-state index in [0.29, 0.717) is 11.5 Å². The van der Waals surface area contributed by atoms with Crippen molar-refractivity contribution >= 4 is 22.5 Å². The lowest BCUT2D eigenvalue weighted by atomic mass is 10.1. The van der Waals surface area contributed by atoms with Crippen molar-refractivity contribution in [1.29, 1.82) is 5.26 Å². The predicted molar refractivity (Wildman–Crippen MR) is 96.6 cm³/mol. The van der Waals surface area contributed by atoms with Gasteiger partial charge in [-0.1, -0.05) is 12.1 Å². The molecule has 4 nitrogen and oxygen atoms in total. The molecule has 4 heteroatoms. The van der Waals surface area contributed by atoms with Crippen molar-refractivity contribution in [3.8, 4) is 6.07 Å². The number of aryl methyl sites for hydroxylation is 3. The number of hydrogen-bond acceptors (Lipinski definition) is 3. The van der Waals surface area contributed by atoms with Crippen molar-refractivity contribution < 1.29 is 0 Å². The molecule has 0 unspecified atom stereocenters. The van der Waals surface area contributed by atoms with E-state index in [9.17, 15) is 5.26 Å². The summed E-state index contributed by atoms with van der Waals surface area (Å²) < 4.78 is 1.97. The lowest BCUT2D eigenvalue weighted by Gasteiger charge is -2.13. The van der Waals surface area contributed by atoms with E-state index in [2.05, 4.69) is 49.5 Å². The second-order valence-corrected chi connectivity index (χ2v) is 6.78. The summed E-state index contributed by atoms with van der Waals surface area (Å²) in [6, 6.07) is 10.9. The summed E-state index contributed by atoms with van der Waals surface area (Å²) in [5.41, 5.74) is 7.26. The highest BCUT2D eigenvalue weighted by atomic mass is 15.0. The SMILES string of the molecule is Cc1ccc(C2CC2)c(Nc2cc(C)c3c(n2)c(C#N)cn3C)c1. The Hall–Kier alpha value is -2.80. The Morgan fingerprint density at radius 3 is 2.75 bits per heavy atom. The fourth-order valence-corrected chi connectivity index (χ4v) is 3.43. The van der Waals surface area contributed by atoms with E-state index in [-0.39, 0.29) is 0 Å². The number of anilines is 2. The zero-order valence-electron chi connectivity index (χ0n) is 14.2. The van der Waals surface area contributed by atoms with Crippen LogP contribution in [-0.4, -0.2) is 9.55 Å². The molecule has 24 heavy (non-hydrogen) atoms. The first-order valence-corrected chi connectivity index (χ1v) is 8.31. The zero-order valence-corrected chi connectivity index (χ0v) is 14.2. The van der Waals surface area contributed by atoms with Gasteiger partial charge in [0, 0.05) is 18.9 Å². The quantitative estimate of drug-likeness (QED) is 0.763. The summed E-state index contributed by atoms with van der Waals surface area (Å²) in [7, 11) is 1.96. The third kappa shape index (κ3) is 2.43. The van der Waals surface area contributed by atoms with Crippen LogP contribution in [0.5, 0.6) is 0 Å². The van der Waals surface area contributed by atoms with Crippen molar-refractivity contribution in [3.05, 3.63) is 52.7 Å². The number of benzene rings is 1. The number of hydrogen-bond donors (Lipinski definition) is 1. The van der Waals surface area contributed by atoms with Crippen LogP contribution in [-0.2, 0) is 7.05 Å². The van der Waals surface area contributed by atoms with E-state index in [1.165, 1.54) is 24.0 Å². The largest absolute Gasteiger partial charge is 0.348 e. The summed E-state index contributed by atoms with van der Waals surface area (Å²) in [6.45, 7) is 4.17. The summed E-state index contributed by atoms with van der Waals surface area (Å²) in [4.78, 5) is 4.72. The minimum atomic E-state index is 0.617. The van der Waals surface area contributed by atoms with Crippen LogP contribution in [0.15, 0.2) is 30.5 Å². The van der Waals surface area contributed by atoms with E-state index in [1.54, 1.807) is 0 Å². The van der Waals surface area contributed by atoms with Crippen molar-refractivity contribution in [3.63, 3.8) is 0 Å². The molecule has 1 aromatic carbocycles. The lowest BCUT2D eigenvalue weighted by Crippen LogP contribution is -2.00. The maximum absolute atomic E-state index is 9.36. The van der Waals surface area contributed by atoms with Gasteiger partial charge in [0.1, 0.15) is 17.4 Å². The average molecular weight is 316 g/mol. The van der Waals surface area contributed by atoms with Crippen LogP contribution in [0, 0.1) is 25.2 Å². The maximum atomic E-state index is 9.36. The summed E-state index contributed by atoms with van der Waals surface area (Å²) in [6.07, 6.45) is 4.37. The van der Waals surface area contributed by atoms with Crippen LogP contribution in [0.3, 0.4) is 0 Å². The van der Waals surface area contributed by atoms with Gasteiger partial charge >= 0.3 is 0 Å². The highest BCUT2D eigenvalue weighted by molar-refractivity contribution is 5.87. The topological polar surface area (TPSA) is 53.6 Å². The Morgan fingerprint density at radius 2 is 2.04 bits per heavy atom. The first-order chi connectivity index (χ1) is 11.6. The van der Waals surface area contributed by atoms with Gasteiger partial charge in [0.05, 0.1) is 11.1 Å². The number of nitrogens with one attached hydrogen (secondary N) is 1. The first kappa shape index (κ1) is 14.8. The van der Waals surface area contributed by atoms with Gasteiger partial charge in [-0.15, -0.1) is 0 Å². The Labute approximate surface area is 141 Å². The van der Waals surface area contributed by atoms with Gasteiger partial charge < -0.3 is 9.88 Å². The molecule has 1 aliphatic carbocycles. The Morgan fingerprint density at radius 1 is 1.25 bits per heavy atom. The number of fused-ring (bicyclic) bond motifs is 1. The van der Waals surface area contributed by atoms with Gasteiger partial charge in [-0.25, -0.2) is 4.98 Å². The second-order valence-electron chi connectivity index (χ2n) is 6.78. The van der Waals surface area contributed by atoms with E-state index in [1.807, 2.05) is 17.8 Å². The number of nitriles is 1. The molecule has 4 rings (SSSR count). The van der Waals surface area contributed by atoms with Crippen molar-refractivity contribution in [2.45, 2.75) is 32.6 Å². The lowest BCUT2D eigenvalue weighted by molar-refractivity contribution is 0.961. The summed E-state index contributed by atoms with van der Waals surface area (Å²) in [5, 5.41) is 12.9. The molecular formula is C20H20N4. The molecule has 0 radical (unpaired) electrons. The first-order valence-electron chi connectivity index (χ1n) is 8.31. The van der Waals surface area contributed by atoms with Gasteiger partial charge in [-0.3, -0.25) is 0 Å². The van der Waals surface area contributed by atoms with Crippen LogP contribution < -0.4 is 5.32 Å². The van der Waals surface area contributed by atoms with E-state index in [4.69, 9.17) is 4.98 Å². The van der Waals surface area contributed by atoms with E-state index >= 15 is 0 Å². The fourth-order valence-electron chi connectivity index (χ4n) is 3.43. The summed E-state index contributed by atoms with van der Waals surface area (Å²) >= 11 is 0. The Bertz CT molecular complexity index is 987. The average Bonchev–Trinajstić information content (AvgIpc) is 3.31. The van der Waals surface area contributed by atoms with Gasteiger partial charge in [0.15, 0.2) is 0 Å². The molecule has 120 valence electrons. The van der Waals surface area contributed by atoms with Crippen molar-refractivity contribution in [2.24, 2.45) is 7.05 Å². The van der Waals surface area contributed by atoms with Crippen LogP contribution in [0.25, 0.3) is 11.0 Å². The highest BCUT2D eigenvalue weighted by Gasteiger charge is 2.26. The van der Waals surface area contributed by atoms with Crippen LogP contribution >= 0.6 is 0 Å². The number of aromatic nitrogens is 2. The number of rotatable bonds is 3. The molecule has 2 aromatic heterocycles. The smallest absolute Gasteiger partial charge is 0.131 e. The molecule has 1 aliphatic rings. The van der Waals surface area contributed by atoms with E-state index < -0.39 is 0 Å². The summed E-state index contributed by atoms with van der Waals surface area (Å²) in [5.74, 6) is 1.47. The molecule has 1 fully saturated rings. The second kappa shape index (κ2) is 5.38. The minimum absolute atomic E-state index is 0.617. The molecule has 1 N–H and O–H groups in total. The van der Waals surface area contributed by atoms with Gasteiger partial charge in [0.25, 0.3) is 0 Å². The fraction of sp³-hybridized carbons (Fsp3) is 0.300. The molecule has 1 saturated carbocycles. The van der Waals surface area contributed by atoms with Crippen LogP contribution in [0.2, 0.25) is 0 Å². The monoisotopic (exact) mass is 316 g/mol. The number of nitrogens with zero attached hydrogens (tertiary/aromatic N) is 3. The molecule has 0 atom stereocenters. The standard InChI is InChI=1S/C20H20N4/c1-12-4-7-16(14-5-6-14)17(8-12)22-18-9-13(2)20-19(23-18)15(10-21)11-24(20)3/h4,7-9,11,14H,5-6H2,1-3H3,(H,22,23). The molecular weight excluding hydrogens is 296 g/mol. The van der Waals surface area contributed by atoms with E-state index in [0.717, 1.165) is 28.1 Å². The number of pyridine rings is 1. The minimum Gasteiger partial charge on any atom is -0.348 e. The molecule has 0 aliphatic heterocycles. The van der Waals surface area contributed by atoms with Gasteiger partial charge in [-0.2, -0.15) is 5.26 Å². The maximum Gasteiger partial charge on any atom is 0.131 e. The third-order valence-electron chi connectivity index (χ3n) is 4.72. The normalized spacial score (nSPS) is 13.9. The molecule has 2 heterocycles. The van der Waals surface area contributed by atoms with Gasteiger partial charge in [-0.05, 0) is 61.4 Å². The Kier molecular flexibility index (Phi) is 3.31. The van der Waals surface area contributed by atoms with Crippen LogP contribution in [0.1, 0.15) is 41.0 Å². The predicted octanol–water partition coefficient (Wildman–Crippen LogP) is 4.68. The molecule has 3 aromatic rings. The highest BCUT2D eigenvalue weighted by Crippen LogP contribution is 2.44. The Balaban J connectivity index is 1.81. The third-order valence-corrected chi connectivity index (χ3v) is 4.72. The van der Waals surface area contributed by atoms with Gasteiger partial charge in [0.2, 0.25) is 0 Å². The molecule has 0 spiro atoms. The van der Waals surface area contributed by atoms with Crippen molar-refractivity contribution in [1.82, 2.24) is 9.55 Å². The molecule has 0 amide bonds. The van der Waals surface area contributed by atoms with Crippen LogP contribution in [0.4, 0.5) is 11.5 Å². The molecule has 0 bridgehead atoms. The molecule has 0 saturated heterocycles. The zero-order chi connectivity index (χ0) is 16.8. The van der Waals surface area contributed by atoms with Crippen molar-refractivity contribution in [2.75, 3.05) is 5.32 Å².